The van der Waals surface area contributed by atoms with Crippen molar-refractivity contribution >= 4 is 46.3 Å². The maximum absolute atomic E-state index is 14.5. The number of hydrogen-bond donors (Lipinski definition) is 1. The molecule has 3 heterocycles. The van der Waals surface area contributed by atoms with Crippen LogP contribution >= 0.6 is 34.5 Å². The van der Waals surface area contributed by atoms with E-state index >= 15 is 0 Å². The molecular weight excluding hydrogens is 541 g/mol. The second-order valence-electron chi connectivity index (χ2n) is 9.64. The summed E-state index contributed by atoms with van der Waals surface area (Å²) in [5.74, 6) is -0.958. The summed E-state index contributed by atoms with van der Waals surface area (Å²) < 4.78 is 57.5. The molecule has 3 aliphatic rings. The Balaban J connectivity index is 1.51. The average molecular weight is 564 g/mol. The van der Waals surface area contributed by atoms with Gasteiger partial charge in [0.2, 0.25) is 0 Å². The van der Waals surface area contributed by atoms with Crippen LogP contribution in [0.25, 0.3) is 0 Å². The van der Waals surface area contributed by atoms with Gasteiger partial charge in [-0.05, 0) is 42.5 Å². The summed E-state index contributed by atoms with van der Waals surface area (Å²) in [7, 11) is 0. The lowest BCUT2D eigenvalue weighted by Crippen LogP contribution is -2.44. The zero-order chi connectivity index (χ0) is 26.0. The Morgan fingerprint density at radius 3 is 2.50 bits per heavy atom. The molecule has 5 rings (SSSR count). The summed E-state index contributed by atoms with van der Waals surface area (Å²) in [4.78, 5) is 20.3. The third-order valence-electron chi connectivity index (χ3n) is 7.50. The number of halogens is 6. The molecule has 194 valence electrons. The molecule has 1 saturated carbocycles. The third kappa shape index (κ3) is 4.05. The summed E-state index contributed by atoms with van der Waals surface area (Å²) in [5.41, 5.74) is 4.01. The number of primary amides is 1. The average Bonchev–Trinajstić information content (AvgIpc) is 3.57. The number of hydrogen-bond acceptors (Lipinski definition) is 5. The molecule has 0 radical (unpaired) electrons. The van der Waals surface area contributed by atoms with Gasteiger partial charge in [-0.3, -0.25) is 4.79 Å². The normalized spacial score (nSPS) is 24.2. The highest BCUT2D eigenvalue weighted by atomic mass is 35.5. The summed E-state index contributed by atoms with van der Waals surface area (Å²) >= 11 is 12.9. The van der Waals surface area contributed by atoms with Gasteiger partial charge in [-0.15, -0.1) is 11.3 Å². The second-order valence-corrected chi connectivity index (χ2v) is 11.6. The molecule has 36 heavy (non-hydrogen) atoms. The molecule has 0 bridgehead atoms. The van der Waals surface area contributed by atoms with Crippen LogP contribution in [0.1, 0.15) is 75.8 Å². The number of fused-ring (bicyclic) bond motifs is 1. The molecule has 2 N–H and O–H groups in total. The Hall–Kier alpha value is -2.04. The number of carbonyl (C=O) groups is 1. The Morgan fingerprint density at radius 2 is 1.92 bits per heavy atom. The molecule has 2 unspecified atom stereocenters. The van der Waals surface area contributed by atoms with Gasteiger partial charge in [0, 0.05) is 10.4 Å². The van der Waals surface area contributed by atoms with Crippen LogP contribution in [-0.2, 0) is 17.0 Å². The van der Waals surface area contributed by atoms with E-state index in [0.717, 1.165) is 60.2 Å². The predicted octanol–water partition coefficient (Wildman–Crippen LogP) is 7.23. The van der Waals surface area contributed by atoms with Crippen LogP contribution in [0.3, 0.4) is 0 Å². The standard InChI is InChI=1S/C24H23Cl2F4N3O2S/c1-11-19-16(6-12-4-2-3-5-12)33(10-17(19)36-21(11)22(31)34)18-9-23(35-32-18,24(28,29)30)13-7-14(25)20(27)15(26)8-13/h7-8,12,16H,2-6,9-10H2,1H3,(H2,31,34). The minimum atomic E-state index is -4.89. The van der Waals surface area contributed by atoms with Crippen LogP contribution in [0, 0.1) is 18.7 Å². The number of amidine groups is 1. The molecule has 5 nitrogen and oxygen atoms in total. The van der Waals surface area contributed by atoms with Gasteiger partial charge in [0.05, 0.1) is 33.9 Å². The van der Waals surface area contributed by atoms with E-state index in [9.17, 15) is 22.4 Å². The van der Waals surface area contributed by atoms with E-state index in [0.29, 0.717) is 17.3 Å². The van der Waals surface area contributed by atoms with E-state index in [2.05, 4.69) is 5.16 Å². The smallest absolute Gasteiger partial charge is 0.372 e. The topological polar surface area (TPSA) is 67.9 Å². The Labute approximate surface area is 219 Å². The van der Waals surface area contributed by atoms with Gasteiger partial charge in [-0.2, -0.15) is 13.2 Å². The van der Waals surface area contributed by atoms with E-state index in [1.165, 1.54) is 11.3 Å². The van der Waals surface area contributed by atoms with E-state index < -0.39 is 45.5 Å². The molecule has 2 aliphatic heterocycles. The summed E-state index contributed by atoms with van der Waals surface area (Å²) in [6.07, 6.45) is -0.439. The first-order valence-corrected chi connectivity index (χ1v) is 13.2. The number of carbonyl (C=O) groups excluding carboxylic acids is 1. The van der Waals surface area contributed by atoms with Gasteiger partial charge in [-0.1, -0.05) is 54.0 Å². The van der Waals surface area contributed by atoms with E-state index in [1.54, 1.807) is 0 Å². The lowest BCUT2D eigenvalue weighted by atomic mass is 9.88. The minimum absolute atomic E-state index is 0.135. The van der Waals surface area contributed by atoms with Crippen molar-refractivity contribution in [3.05, 3.63) is 54.4 Å². The van der Waals surface area contributed by atoms with Crippen molar-refractivity contribution in [1.29, 1.82) is 0 Å². The molecule has 2 aromatic rings. The number of nitrogens with two attached hydrogens (primary N) is 1. The molecule has 2 atom stereocenters. The van der Waals surface area contributed by atoms with E-state index in [1.807, 2.05) is 11.8 Å². The first kappa shape index (κ1) is 25.6. The quantitative estimate of drug-likeness (QED) is 0.315. The fourth-order valence-electron chi connectivity index (χ4n) is 5.70. The largest absolute Gasteiger partial charge is 0.435 e. The van der Waals surface area contributed by atoms with Gasteiger partial charge in [-0.25, -0.2) is 4.39 Å². The molecule has 12 heteroatoms. The number of nitrogens with zero attached hydrogens (tertiary/aromatic N) is 2. The highest BCUT2D eigenvalue weighted by Crippen LogP contribution is 2.53. The van der Waals surface area contributed by atoms with Crippen molar-refractivity contribution in [3.8, 4) is 0 Å². The summed E-state index contributed by atoms with van der Waals surface area (Å²) in [5, 5.41) is 2.86. The number of oxime groups is 1. The third-order valence-corrected chi connectivity index (χ3v) is 9.36. The monoisotopic (exact) mass is 563 g/mol. The number of alkyl halides is 3. The van der Waals surface area contributed by atoms with Crippen LogP contribution in [0.2, 0.25) is 10.0 Å². The highest BCUT2D eigenvalue weighted by molar-refractivity contribution is 7.14. The first-order chi connectivity index (χ1) is 16.9. The van der Waals surface area contributed by atoms with Crippen molar-refractivity contribution in [3.63, 3.8) is 0 Å². The van der Waals surface area contributed by atoms with E-state index in [4.69, 9.17) is 33.8 Å². The molecule has 1 fully saturated rings. The molecular formula is C24H23Cl2F4N3O2S. The van der Waals surface area contributed by atoms with Gasteiger partial charge >= 0.3 is 6.18 Å². The molecule has 1 aromatic carbocycles. The van der Waals surface area contributed by atoms with Gasteiger partial charge in [0.1, 0.15) is 5.84 Å². The van der Waals surface area contributed by atoms with Crippen molar-refractivity contribution in [1.82, 2.24) is 4.90 Å². The van der Waals surface area contributed by atoms with Crippen molar-refractivity contribution in [2.24, 2.45) is 16.8 Å². The second kappa shape index (κ2) is 9.06. The molecule has 0 saturated heterocycles. The van der Waals surface area contributed by atoms with Crippen molar-refractivity contribution in [2.45, 2.75) is 69.8 Å². The fraction of sp³-hybridized carbons (Fsp3) is 0.500. The molecule has 1 aromatic heterocycles. The van der Waals surface area contributed by atoms with Gasteiger partial charge < -0.3 is 15.5 Å². The SMILES string of the molecule is Cc1c(C(N)=O)sc2c1C(CC1CCCC1)N(C1=NOC(c3cc(Cl)c(F)c(Cl)c3)(C(F)(F)F)C1)C2. The van der Waals surface area contributed by atoms with Gasteiger partial charge in [0.15, 0.2) is 5.82 Å². The zero-order valence-electron chi connectivity index (χ0n) is 19.2. The molecule has 1 amide bonds. The summed E-state index contributed by atoms with van der Waals surface area (Å²) in [6, 6.07) is 1.52. The maximum Gasteiger partial charge on any atom is 0.435 e. The highest BCUT2D eigenvalue weighted by Gasteiger charge is 2.63. The van der Waals surface area contributed by atoms with Crippen molar-refractivity contribution in [2.75, 3.05) is 0 Å². The predicted molar refractivity (Wildman–Crippen MR) is 130 cm³/mol. The van der Waals surface area contributed by atoms with Crippen LogP contribution < -0.4 is 5.73 Å². The minimum Gasteiger partial charge on any atom is -0.372 e. The van der Waals surface area contributed by atoms with Gasteiger partial charge in [0.25, 0.3) is 11.5 Å². The number of thiophene rings is 1. The van der Waals surface area contributed by atoms with Crippen LogP contribution in [0.5, 0.6) is 0 Å². The lowest BCUT2D eigenvalue weighted by Gasteiger charge is -2.32. The number of rotatable bonds is 4. The number of benzene rings is 1. The Bertz CT molecular complexity index is 1240. The van der Waals surface area contributed by atoms with Crippen LogP contribution in [0.15, 0.2) is 17.3 Å². The summed E-state index contributed by atoms with van der Waals surface area (Å²) in [6.45, 7) is 2.13. The van der Waals surface area contributed by atoms with E-state index in [-0.39, 0.29) is 11.9 Å². The first-order valence-electron chi connectivity index (χ1n) is 11.6. The molecule has 0 spiro atoms. The Morgan fingerprint density at radius 1 is 1.28 bits per heavy atom. The fourth-order valence-corrected chi connectivity index (χ4v) is 7.40. The maximum atomic E-state index is 14.5. The Kier molecular flexibility index (Phi) is 6.44. The molecule has 1 aliphatic carbocycles. The van der Waals surface area contributed by atoms with Crippen molar-refractivity contribution < 1.29 is 27.2 Å². The van der Waals surface area contributed by atoms with Crippen LogP contribution in [0.4, 0.5) is 17.6 Å². The zero-order valence-corrected chi connectivity index (χ0v) is 21.6. The number of amides is 1. The van der Waals surface area contributed by atoms with Crippen LogP contribution in [-0.4, -0.2) is 22.8 Å². The lowest BCUT2D eigenvalue weighted by molar-refractivity contribution is -0.275.